The minimum Gasteiger partial charge on any atom is -0.313 e. The Bertz CT molecular complexity index is 619. The minimum atomic E-state index is 0.255. The second kappa shape index (κ2) is 4.59. The van der Waals surface area contributed by atoms with Gasteiger partial charge in [0.05, 0.1) is 0 Å². The second-order valence-electron chi connectivity index (χ2n) is 9.26. The number of carbonyl (C=O) groups is 1. The van der Waals surface area contributed by atoms with Gasteiger partial charge < -0.3 is 5.32 Å². The Labute approximate surface area is 139 Å². The van der Waals surface area contributed by atoms with Crippen molar-refractivity contribution in [1.82, 2.24) is 5.32 Å². The zero-order valence-electron chi connectivity index (χ0n) is 14.5. The lowest BCUT2D eigenvalue weighted by Crippen LogP contribution is -2.50. The van der Waals surface area contributed by atoms with Crippen LogP contribution in [0.3, 0.4) is 0 Å². The maximum atomic E-state index is 11.9. The van der Waals surface area contributed by atoms with Crippen LogP contribution >= 0.6 is 0 Å². The number of carbonyl (C=O) groups excluding carboxylic acids is 1. The average molecular weight is 311 g/mol. The molecule has 7 atom stereocenters. The number of nitrogens with one attached hydrogen (secondary N) is 1. The van der Waals surface area contributed by atoms with Crippen LogP contribution in [0.4, 0.5) is 0 Å². The fraction of sp³-hybridized carbons (Fsp3) is 0.762. The molecule has 5 rings (SSSR count). The van der Waals surface area contributed by atoms with E-state index in [0.29, 0.717) is 17.2 Å². The summed E-state index contributed by atoms with van der Waals surface area (Å²) in [6.45, 7) is 6.10. The first-order valence-corrected chi connectivity index (χ1v) is 9.71. The van der Waals surface area contributed by atoms with Crippen LogP contribution in [0.25, 0.3) is 0 Å². The summed E-state index contributed by atoms with van der Waals surface area (Å²) >= 11 is 0. The molecule has 4 aliphatic carbocycles. The molecule has 2 heteroatoms. The lowest BCUT2D eigenvalue weighted by atomic mass is 9.48. The molecule has 23 heavy (non-hydrogen) atoms. The van der Waals surface area contributed by atoms with E-state index in [1.54, 1.807) is 0 Å². The molecule has 1 heterocycles. The molecule has 0 aromatic carbocycles. The summed E-state index contributed by atoms with van der Waals surface area (Å²) in [7, 11) is 0. The first-order chi connectivity index (χ1) is 11.0. The smallest absolute Gasteiger partial charge is 0.156 e. The molecule has 1 N–H and O–H groups in total. The number of hydrogen-bond donors (Lipinski definition) is 1. The number of hydrogen-bond acceptors (Lipinski definition) is 2. The highest BCUT2D eigenvalue weighted by Gasteiger charge is 2.62. The number of rotatable bonds is 0. The van der Waals surface area contributed by atoms with Crippen molar-refractivity contribution in [3.8, 4) is 0 Å². The van der Waals surface area contributed by atoms with Crippen molar-refractivity contribution in [3.63, 3.8) is 0 Å². The summed E-state index contributed by atoms with van der Waals surface area (Å²) in [6.07, 6.45) is 14.2. The van der Waals surface area contributed by atoms with Crippen LogP contribution in [0.2, 0.25) is 0 Å². The first kappa shape index (κ1) is 14.5. The van der Waals surface area contributed by atoms with E-state index in [9.17, 15) is 4.79 Å². The Morgan fingerprint density at radius 1 is 1.13 bits per heavy atom. The van der Waals surface area contributed by atoms with Crippen molar-refractivity contribution < 1.29 is 4.79 Å². The Hall–Kier alpha value is -0.890. The zero-order valence-corrected chi connectivity index (χ0v) is 14.5. The molecule has 1 saturated heterocycles. The summed E-state index contributed by atoms with van der Waals surface area (Å²) in [4.78, 5) is 11.9. The van der Waals surface area contributed by atoms with E-state index in [1.807, 2.05) is 6.08 Å². The largest absolute Gasteiger partial charge is 0.313 e. The van der Waals surface area contributed by atoms with Gasteiger partial charge >= 0.3 is 0 Å². The van der Waals surface area contributed by atoms with Gasteiger partial charge in [0.2, 0.25) is 0 Å². The molecule has 2 nitrogen and oxygen atoms in total. The molecule has 0 radical (unpaired) electrons. The molecule has 0 aromatic rings. The maximum Gasteiger partial charge on any atom is 0.156 e. The predicted molar refractivity (Wildman–Crippen MR) is 91.9 cm³/mol. The Morgan fingerprint density at radius 2 is 1.96 bits per heavy atom. The normalized spacial score (nSPS) is 54.1. The van der Waals surface area contributed by atoms with Crippen molar-refractivity contribution in [1.29, 1.82) is 0 Å². The van der Waals surface area contributed by atoms with Crippen molar-refractivity contribution in [2.45, 2.75) is 58.4 Å². The number of ketones is 1. The molecule has 0 aromatic heterocycles. The van der Waals surface area contributed by atoms with Gasteiger partial charge in [-0.1, -0.05) is 19.1 Å². The van der Waals surface area contributed by atoms with Crippen molar-refractivity contribution in [2.24, 2.45) is 34.5 Å². The molecular weight excluding hydrogens is 282 g/mol. The molecule has 0 amide bonds. The molecule has 5 aliphatic rings. The number of allylic oxidation sites excluding steroid dienone is 4. The summed E-state index contributed by atoms with van der Waals surface area (Å²) in [6, 6.07) is 0.711. The van der Waals surface area contributed by atoms with E-state index >= 15 is 0 Å². The van der Waals surface area contributed by atoms with Gasteiger partial charge in [-0.05, 0) is 85.2 Å². The third-order valence-corrected chi connectivity index (χ3v) is 8.66. The molecule has 1 aliphatic heterocycles. The Kier molecular flexibility index (Phi) is 2.89. The van der Waals surface area contributed by atoms with E-state index < -0.39 is 0 Å². The van der Waals surface area contributed by atoms with Gasteiger partial charge in [0.1, 0.15) is 0 Å². The summed E-state index contributed by atoms with van der Waals surface area (Å²) in [5.41, 5.74) is 2.16. The van der Waals surface area contributed by atoms with Crippen LogP contribution in [-0.2, 0) is 4.79 Å². The van der Waals surface area contributed by atoms with Crippen molar-refractivity contribution in [3.05, 3.63) is 23.8 Å². The first-order valence-electron chi connectivity index (χ1n) is 9.71. The zero-order chi connectivity index (χ0) is 15.8. The highest BCUT2D eigenvalue weighted by molar-refractivity contribution is 5.92. The number of fused-ring (bicyclic) bond motifs is 4. The van der Waals surface area contributed by atoms with E-state index in [4.69, 9.17) is 0 Å². The Morgan fingerprint density at radius 3 is 2.83 bits per heavy atom. The van der Waals surface area contributed by atoms with E-state index in [-0.39, 0.29) is 5.41 Å². The quantitative estimate of drug-likeness (QED) is 0.735. The third kappa shape index (κ3) is 1.71. The van der Waals surface area contributed by atoms with Crippen LogP contribution in [0.1, 0.15) is 52.4 Å². The lowest BCUT2D eigenvalue weighted by Gasteiger charge is -2.55. The van der Waals surface area contributed by atoms with Crippen LogP contribution in [0, 0.1) is 34.5 Å². The molecular formula is C21H29NO. The highest BCUT2D eigenvalue weighted by atomic mass is 16.1. The van der Waals surface area contributed by atoms with Gasteiger partial charge in [0, 0.05) is 19.0 Å². The van der Waals surface area contributed by atoms with Gasteiger partial charge in [0.15, 0.2) is 5.78 Å². The maximum absolute atomic E-state index is 11.9. The van der Waals surface area contributed by atoms with Gasteiger partial charge in [-0.3, -0.25) is 4.79 Å². The molecule has 2 saturated carbocycles. The molecule has 0 unspecified atom stereocenters. The van der Waals surface area contributed by atoms with Crippen LogP contribution in [0.15, 0.2) is 23.8 Å². The van der Waals surface area contributed by atoms with Crippen molar-refractivity contribution in [2.75, 3.05) is 6.54 Å². The summed E-state index contributed by atoms with van der Waals surface area (Å²) in [5, 5.41) is 3.80. The van der Waals surface area contributed by atoms with Crippen LogP contribution in [0.5, 0.6) is 0 Å². The minimum absolute atomic E-state index is 0.255. The third-order valence-electron chi connectivity index (χ3n) is 8.66. The predicted octanol–water partition coefficient (Wildman–Crippen LogP) is 3.88. The van der Waals surface area contributed by atoms with Crippen LogP contribution in [-0.4, -0.2) is 18.4 Å². The van der Waals surface area contributed by atoms with E-state index in [0.717, 1.165) is 36.5 Å². The van der Waals surface area contributed by atoms with Gasteiger partial charge in [-0.15, -0.1) is 0 Å². The molecule has 0 bridgehead atoms. The summed E-state index contributed by atoms with van der Waals surface area (Å²) in [5.74, 6) is 3.62. The van der Waals surface area contributed by atoms with Gasteiger partial charge in [-0.25, -0.2) is 0 Å². The average Bonchev–Trinajstić information content (AvgIpc) is 3.06. The second-order valence-corrected chi connectivity index (χ2v) is 9.26. The van der Waals surface area contributed by atoms with E-state index in [2.05, 4.69) is 31.3 Å². The van der Waals surface area contributed by atoms with Gasteiger partial charge in [0.25, 0.3) is 0 Å². The SMILES string of the molecule is C[C@@H]1NC[C@]23CC[C@H]4[C@@H](C=CC5=CC(=O)CC[C@@]54C)[C@@H]2CC[C@H]13. The van der Waals surface area contributed by atoms with E-state index in [1.165, 1.54) is 37.8 Å². The fourth-order valence-corrected chi connectivity index (χ4v) is 7.45. The van der Waals surface area contributed by atoms with Crippen molar-refractivity contribution >= 4 is 5.78 Å². The molecule has 1 spiro atoms. The fourth-order valence-electron chi connectivity index (χ4n) is 7.45. The monoisotopic (exact) mass is 311 g/mol. The molecule has 124 valence electrons. The topological polar surface area (TPSA) is 29.1 Å². The highest BCUT2D eigenvalue weighted by Crippen LogP contribution is 2.66. The Balaban J connectivity index is 1.55. The van der Waals surface area contributed by atoms with Gasteiger partial charge in [-0.2, -0.15) is 0 Å². The standard InChI is InChI=1S/C21H29NO/c1-13-17-5-6-19-16-4-3-14-11-15(23)7-9-20(14,2)18(16)8-10-21(17,19)12-22-13/h3-4,11,13,16-19,22H,5-10,12H2,1-2H3/t13-,16+,17+,18-,19-,20-,21-/m0/s1. The lowest BCUT2D eigenvalue weighted by molar-refractivity contribution is -0.116. The summed E-state index contributed by atoms with van der Waals surface area (Å²) < 4.78 is 0. The van der Waals surface area contributed by atoms with Crippen LogP contribution < -0.4 is 5.32 Å². The molecule has 3 fully saturated rings.